The van der Waals surface area contributed by atoms with Gasteiger partial charge in [0.15, 0.2) is 11.6 Å². The highest BCUT2D eigenvalue weighted by Gasteiger charge is 2.21. The smallest absolute Gasteiger partial charge is 0.160 e. The average Bonchev–Trinajstić information content (AvgIpc) is 3.59. The molecule has 57 heavy (non-hydrogen) atoms. The van der Waals surface area contributed by atoms with Crippen LogP contribution in [0.1, 0.15) is 11.1 Å². The molecule has 0 fully saturated rings. The topological polar surface area (TPSA) is 56.5 Å². The third-order valence-electron chi connectivity index (χ3n) is 10.5. The van der Waals surface area contributed by atoms with Crippen LogP contribution in [0.5, 0.6) is 0 Å². The van der Waals surface area contributed by atoms with Crippen molar-refractivity contribution < 1.29 is 0 Å². The Kier molecular flexibility index (Phi) is 8.53. The van der Waals surface area contributed by atoms with Crippen LogP contribution in [0, 0.1) is 13.8 Å². The van der Waals surface area contributed by atoms with Crippen LogP contribution in [-0.2, 0) is 0 Å². The van der Waals surface area contributed by atoms with E-state index in [0.29, 0.717) is 11.6 Å². The van der Waals surface area contributed by atoms with E-state index in [1.165, 1.54) is 21.9 Å². The second kappa shape index (κ2) is 14.3. The molecule has 3 aromatic heterocycles. The molecule has 0 unspecified atom stereocenters. The summed E-state index contributed by atoms with van der Waals surface area (Å²) in [6.45, 7) is 4.32. The number of hydrogen-bond acceptors (Lipinski definition) is 4. The SMILES string of the molecule is Cc1ccc2c(c1)c1cc(C)ccc1n2-c1ccc(-c2cc(-c3ccccc3)nc(-c3ccccc3)n2)cc1-c1cc(-c2ccccc2)nc(-c2ccccc2)n1. The van der Waals surface area contributed by atoms with E-state index < -0.39 is 0 Å². The fourth-order valence-electron chi connectivity index (χ4n) is 7.73. The van der Waals surface area contributed by atoms with E-state index >= 15 is 0 Å². The van der Waals surface area contributed by atoms with Crippen LogP contribution in [0.25, 0.3) is 95.3 Å². The molecule has 0 aliphatic rings. The molecule has 0 atom stereocenters. The minimum atomic E-state index is 0.663. The Morgan fingerprint density at radius 2 is 0.737 bits per heavy atom. The van der Waals surface area contributed by atoms with Crippen LogP contribution >= 0.6 is 0 Å². The second-order valence-corrected chi connectivity index (χ2v) is 14.5. The molecule has 10 aromatic rings. The Labute approximate surface area is 331 Å². The summed E-state index contributed by atoms with van der Waals surface area (Å²) in [6, 6.07) is 65.4. The van der Waals surface area contributed by atoms with Gasteiger partial charge in [0.05, 0.1) is 39.5 Å². The zero-order valence-corrected chi connectivity index (χ0v) is 31.6. The first-order chi connectivity index (χ1) is 28.1. The molecule has 0 saturated carbocycles. The van der Waals surface area contributed by atoms with Crippen molar-refractivity contribution in [2.45, 2.75) is 13.8 Å². The lowest BCUT2D eigenvalue weighted by atomic mass is 9.99. The summed E-state index contributed by atoms with van der Waals surface area (Å²) in [4.78, 5) is 20.8. The first kappa shape index (κ1) is 34.0. The van der Waals surface area contributed by atoms with Gasteiger partial charge in [0.1, 0.15) is 0 Å². The van der Waals surface area contributed by atoms with Crippen molar-refractivity contribution >= 4 is 21.8 Å². The summed E-state index contributed by atoms with van der Waals surface area (Å²) in [5, 5.41) is 2.44. The van der Waals surface area contributed by atoms with Gasteiger partial charge < -0.3 is 4.57 Å². The molecule has 3 heterocycles. The van der Waals surface area contributed by atoms with E-state index in [-0.39, 0.29) is 0 Å². The molecule has 0 spiro atoms. The maximum Gasteiger partial charge on any atom is 0.160 e. The minimum Gasteiger partial charge on any atom is -0.309 e. The predicted octanol–water partition coefficient (Wildman–Crippen LogP) is 13.0. The van der Waals surface area contributed by atoms with E-state index in [2.05, 4.69) is 146 Å². The molecule has 270 valence electrons. The van der Waals surface area contributed by atoms with Crippen LogP contribution in [0.2, 0.25) is 0 Å². The van der Waals surface area contributed by atoms with E-state index in [0.717, 1.165) is 72.9 Å². The third-order valence-corrected chi connectivity index (χ3v) is 10.5. The van der Waals surface area contributed by atoms with Gasteiger partial charge in [0.2, 0.25) is 0 Å². The zero-order chi connectivity index (χ0) is 38.3. The third kappa shape index (κ3) is 6.45. The molecular weight excluding hydrogens is 695 g/mol. The van der Waals surface area contributed by atoms with E-state index in [4.69, 9.17) is 19.9 Å². The lowest BCUT2D eigenvalue weighted by Gasteiger charge is -2.17. The molecule has 5 heteroatoms. The van der Waals surface area contributed by atoms with Crippen molar-refractivity contribution in [2.75, 3.05) is 0 Å². The fraction of sp³-hybridized carbons (Fsp3) is 0.0385. The highest BCUT2D eigenvalue weighted by atomic mass is 15.0. The Morgan fingerprint density at radius 3 is 1.21 bits per heavy atom. The van der Waals surface area contributed by atoms with E-state index in [1.54, 1.807) is 0 Å². The van der Waals surface area contributed by atoms with Crippen molar-refractivity contribution in [1.29, 1.82) is 0 Å². The summed E-state index contributed by atoms with van der Waals surface area (Å²) >= 11 is 0. The maximum absolute atomic E-state index is 5.37. The summed E-state index contributed by atoms with van der Waals surface area (Å²) < 4.78 is 2.39. The lowest BCUT2D eigenvalue weighted by molar-refractivity contribution is 1.15. The highest BCUT2D eigenvalue weighted by molar-refractivity contribution is 6.10. The summed E-state index contributed by atoms with van der Waals surface area (Å²) in [5.74, 6) is 1.34. The van der Waals surface area contributed by atoms with Crippen LogP contribution in [-0.4, -0.2) is 24.5 Å². The van der Waals surface area contributed by atoms with Crippen molar-refractivity contribution in [1.82, 2.24) is 24.5 Å². The molecule has 0 N–H and O–H groups in total. The maximum atomic E-state index is 5.37. The molecule has 0 radical (unpaired) electrons. The van der Waals surface area contributed by atoms with Gasteiger partial charge in [-0.05, 0) is 62.4 Å². The predicted molar refractivity (Wildman–Crippen MR) is 234 cm³/mol. The second-order valence-electron chi connectivity index (χ2n) is 14.5. The number of hydrogen-bond donors (Lipinski definition) is 0. The number of rotatable bonds is 7. The standard InChI is InChI=1S/C52H37N5/c1-34-23-26-48-41(29-34)42-30-35(2)24-27-49(42)57(48)50-28-25-40(46-32-44(36-15-7-3-8-16-36)53-51(55-46)38-19-11-5-12-20-38)31-43(50)47-33-45(37-17-9-4-10-18-37)54-52(56-47)39-21-13-6-14-22-39/h3-33H,1-2H3. The van der Waals surface area contributed by atoms with Crippen LogP contribution in [0.15, 0.2) is 188 Å². The summed E-state index contributed by atoms with van der Waals surface area (Å²) in [7, 11) is 0. The molecule has 0 aliphatic carbocycles. The molecule has 0 amide bonds. The average molecular weight is 732 g/mol. The van der Waals surface area contributed by atoms with Gasteiger partial charge in [0.25, 0.3) is 0 Å². The monoisotopic (exact) mass is 731 g/mol. The molecule has 0 bridgehead atoms. The van der Waals surface area contributed by atoms with Crippen molar-refractivity contribution in [3.8, 4) is 73.5 Å². The van der Waals surface area contributed by atoms with Crippen LogP contribution in [0.4, 0.5) is 0 Å². The Hall–Kier alpha value is -7.50. The van der Waals surface area contributed by atoms with Crippen molar-refractivity contribution in [3.05, 3.63) is 199 Å². The van der Waals surface area contributed by atoms with Gasteiger partial charge in [-0.15, -0.1) is 0 Å². The van der Waals surface area contributed by atoms with Crippen molar-refractivity contribution in [3.63, 3.8) is 0 Å². The number of fused-ring (bicyclic) bond motifs is 3. The quantitative estimate of drug-likeness (QED) is 0.164. The van der Waals surface area contributed by atoms with Gasteiger partial charge in [-0.3, -0.25) is 0 Å². The molecule has 10 rings (SSSR count). The lowest BCUT2D eigenvalue weighted by Crippen LogP contribution is -2.02. The van der Waals surface area contributed by atoms with Gasteiger partial charge >= 0.3 is 0 Å². The first-order valence-electron chi connectivity index (χ1n) is 19.2. The number of aryl methyl sites for hydroxylation is 2. The summed E-state index contributed by atoms with van der Waals surface area (Å²) in [6.07, 6.45) is 0. The first-order valence-corrected chi connectivity index (χ1v) is 19.2. The Bertz CT molecular complexity index is 2890. The fourth-order valence-corrected chi connectivity index (χ4v) is 7.73. The largest absolute Gasteiger partial charge is 0.309 e. The van der Waals surface area contributed by atoms with E-state index in [9.17, 15) is 0 Å². The number of nitrogens with zero attached hydrogens (tertiary/aromatic N) is 5. The van der Waals surface area contributed by atoms with Gasteiger partial charge in [0, 0.05) is 44.2 Å². The van der Waals surface area contributed by atoms with Crippen molar-refractivity contribution in [2.24, 2.45) is 0 Å². The normalized spacial score (nSPS) is 11.3. The molecule has 0 saturated heterocycles. The number of aromatic nitrogens is 5. The zero-order valence-electron chi connectivity index (χ0n) is 31.6. The van der Waals surface area contributed by atoms with Crippen LogP contribution < -0.4 is 0 Å². The van der Waals surface area contributed by atoms with Crippen LogP contribution in [0.3, 0.4) is 0 Å². The summed E-state index contributed by atoms with van der Waals surface area (Å²) in [5.41, 5.74) is 15.0. The molecule has 5 nitrogen and oxygen atoms in total. The van der Waals surface area contributed by atoms with E-state index in [1.807, 2.05) is 60.7 Å². The molecule has 0 aliphatic heterocycles. The number of benzene rings is 7. The molecular formula is C52H37N5. The van der Waals surface area contributed by atoms with Gasteiger partial charge in [-0.25, -0.2) is 19.9 Å². The van der Waals surface area contributed by atoms with Gasteiger partial charge in [-0.2, -0.15) is 0 Å². The highest BCUT2D eigenvalue weighted by Crippen LogP contribution is 2.40. The van der Waals surface area contributed by atoms with Gasteiger partial charge in [-0.1, -0.05) is 151 Å². The minimum absolute atomic E-state index is 0.663. The molecule has 7 aromatic carbocycles. The Morgan fingerprint density at radius 1 is 0.333 bits per heavy atom. The Balaban J connectivity index is 1.28.